The summed E-state index contributed by atoms with van der Waals surface area (Å²) in [6.07, 6.45) is 6.60. The van der Waals surface area contributed by atoms with E-state index in [9.17, 15) is 4.79 Å². The van der Waals surface area contributed by atoms with E-state index in [1.807, 2.05) is 19.1 Å². The number of nitrogens with one attached hydrogen (secondary N) is 1. The fourth-order valence-electron chi connectivity index (χ4n) is 1.97. The number of aromatic nitrogens is 2. The second-order valence-electron chi connectivity index (χ2n) is 4.95. The van der Waals surface area contributed by atoms with Gasteiger partial charge in [0.15, 0.2) is 0 Å². The molecule has 2 unspecified atom stereocenters. The Kier molecular flexibility index (Phi) is 4.57. The summed E-state index contributed by atoms with van der Waals surface area (Å²) in [5.41, 5.74) is 6.62. The summed E-state index contributed by atoms with van der Waals surface area (Å²) in [4.78, 5) is 12.0. The van der Waals surface area contributed by atoms with E-state index in [2.05, 4.69) is 10.4 Å². The topological polar surface area (TPSA) is 86.1 Å². The summed E-state index contributed by atoms with van der Waals surface area (Å²) in [7, 11) is 1.79. The number of carbonyl (C=O) groups is 1. The molecular weight excluding hydrogens is 256 g/mol. The number of hydrogen-bond acceptors (Lipinski definition) is 4. The first kappa shape index (κ1) is 14.3. The summed E-state index contributed by atoms with van der Waals surface area (Å²) in [6.45, 7) is 1.96. The van der Waals surface area contributed by atoms with Crippen molar-refractivity contribution in [1.82, 2.24) is 15.1 Å². The van der Waals surface area contributed by atoms with Crippen molar-refractivity contribution in [2.24, 2.45) is 12.8 Å². The number of carbonyl (C=O) groups excluding carboxylic acids is 1. The van der Waals surface area contributed by atoms with Gasteiger partial charge in [0.05, 0.1) is 12.5 Å². The molecule has 6 nitrogen and oxygen atoms in total. The number of rotatable bonds is 6. The minimum atomic E-state index is -0.685. The maximum atomic E-state index is 12.0. The van der Waals surface area contributed by atoms with Crippen LogP contribution in [0.4, 0.5) is 0 Å². The summed E-state index contributed by atoms with van der Waals surface area (Å²) < 4.78 is 6.89. The van der Waals surface area contributed by atoms with E-state index in [1.165, 1.54) is 0 Å². The second kappa shape index (κ2) is 6.38. The third kappa shape index (κ3) is 3.71. The van der Waals surface area contributed by atoms with Crippen LogP contribution in [0.1, 0.15) is 30.7 Å². The molecule has 0 aliphatic carbocycles. The molecule has 6 heteroatoms. The van der Waals surface area contributed by atoms with E-state index < -0.39 is 6.04 Å². The molecule has 2 aromatic rings. The highest BCUT2D eigenvalue weighted by molar-refractivity contribution is 5.82. The van der Waals surface area contributed by atoms with Crippen LogP contribution >= 0.6 is 0 Å². The summed E-state index contributed by atoms with van der Waals surface area (Å²) in [5, 5.41) is 6.92. The Hall–Kier alpha value is -2.08. The molecular formula is C14H20N4O2. The number of nitrogens with two attached hydrogens (primary N) is 1. The molecule has 2 rings (SSSR count). The molecule has 20 heavy (non-hydrogen) atoms. The predicted molar refractivity (Wildman–Crippen MR) is 74.8 cm³/mol. The normalized spacial score (nSPS) is 13.9. The molecule has 0 bridgehead atoms. The molecule has 2 heterocycles. The maximum Gasteiger partial charge on any atom is 0.241 e. The molecule has 0 saturated carbocycles. The molecule has 0 fully saturated rings. The van der Waals surface area contributed by atoms with E-state index in [0.29, 0.717) is 5.56 Å². The van der Waals surface area contributed by atoms with Crippen LogP contribution in [0.3, 0.4) is 0 Å². The highest BCUT2D eigenvalue weighted by atomic mass is 16.3. The number of hydrogen-bond donors (Lipinski definition) is 2. The molecule has 0 saturated heterocycles. The fraction of sp³-hybridized carbons (Fsp3) is 0.429. The smallest absolute Gasteiger partial charge is 0.241 e. The number of furan rings is 1. The first-order valence-corrected chi connectivity index (χ1v) is 6.63. The number of amides is 1. The van der Waals surface area contributed by atoms with Gasteiger partial charge in [-0.05, 0) is 25.5 Å². The van der Waals surface area contributed by atoms with E-state index in [0.717, 1.165) is 18.6 Å². The molecule has 0 spiro atoms. The first-order valence-electron chi connectivity index (χ1n) is 6.63. The maximum absolute atomic E-state index is 12.0. The van der Waals surface area contributed by atoms with Gasteiger partial charge < -0.3 is 15.5 Å². The van der Waals surface area contributed by atoms with Gasteiger partial charge in [-0.2, -0.15) is 5.10 Å². The minimum Gasteiger partial charge on any atom is -0.469 e. The number of aryl methyl sites for hydroxylation is 2. The zero-order chi connectivity index (χ0) is 14.5. The van der Waals surface area contributed by atoms with E-state index >= 15 is 0 Å². The molecule has 2 aromatic heterocycles. The van der Waals surface area contributed by atoms with Gasteiger partial charge in [-0.1, -0.05) is 0 Å². The summed E-state index contributed by atoms with van der Waals surface area (Å²) >= 11 is 0. The quantitative estimate of drug-likeness (QED) is 0.828. The van der Waals surface area contributed by atoms with Crippen LogP contribution < -0.4 is 11.1 Å². The van der Waals surface area contributed by atoms with Crippen molar-refractivity contribution in [2.75, 3.05) is 0 Å². The highest BCUT2D eigenvalue weighted by Gasteiger charge is 2.19. The van der Waals surface area contributed by atoms with Crippen molar-refractivity contribution in [1.29, 1.82) is 0 Å². The van der Waals surface area contributed by atoms with Crippen molar-refractivity contribution >= 4 is 5.91 Å². The Morgan fingerprint density at radius 2 is 2.40 bits per heavy atom. The van der Waals surface area contributed by atoms with Crippen molar-refractivity contribution < 1.29 is 9.21 Å². The molecule has 0 radical (unpaired) electrons. The number of nitrogens with zero attached hydrogens (tertiary/aromatic N) is 2. The van der Waals surface area contributed by atoms with E-state index in [-0.39, 0.29) is 11.9 Å². The van der Waals surface area contributed by atoms with Crippen LogP contribution in [0.5, 0.6) is 0 Å². The molecule has 0 aliphatic rings. The minimum absolute atomic E-state index is 0.0373. The van der Waals surface area contributed by atoms with Crippen molar-refractivity contribution in [3.05, 3.63) is 42.1 Å². The van der Waals surface area contributed by atoms with Crippen LogP contribution in [-0.4, -0.2) is 21.7 Å². The zero-order valence-electron chi connectivity index (χ0n) is 11.7. The van der Waals surface area contributed by atoms with Gasteiger partial charge in [0.2, 0.25) is 5.91 Å². The average Bonchev–Trinajstić information content (AvgIpc) is 3.06. The lowest BCUT2D eigenvalue weighted by Crippen LogP contribution is -2.39. The van der Waals surface area contributed by atoms with Crippen LogP contribution in [0.15, 0.2) is 35.2 Å². The third-order valence-corrected chi connectivity index (χ3v) is 3.16. The largest absolute Gasteiger partial charge is 0.469 e. The highest BCUT2D eigenvalue weighted by Crippen LogP contribution is 2.10. The molecule has 3 N–H and O–H groups in total. The van der Waals surface area contributed by atoms with Gasteiger partial charge in [-0.15, -0.1) is 0 Å². The lowest BCUT2D eigenvalue weighted by molar-refractivity contribution is -0.123. The second-order valence-corrected chi connectivity index (χ2v) is 4.95. The lowest BCUT2D eigenvalue weighted by Gasteiger charge is -2.16. The van der Waals surface area contributed by atoms with Crippen molar-refractivity contribution in [3.63, 3.8) is 0 Å². The Labute approximate surface area is 117 Å². The molecule has 1 amide bonds. The van der Waals surface area contributed by atoms with Crippen LogP contribution in [0, 0.1) is 0 Å². The molecule has 108 valence electrons. The van der Waals surface area contributed by atoms with E-state index in [1.54, 1.807) is 30.4 Å². The Bertz CT molecular complexity index is 547. The third-order valence-electron chi connectivity index (χ3n) is 3.16. The van der Waals surface area contributed by atoms with Crippen LogP contribution in [-0.2, 0) is 18.3 Å². The lowest BCUT2D eigenvalue weighted by atomic mass is 10.1. The van der Waals surface area contributed by atoms with Gasteiger partial charge >= 0.3 is 0 Å². The van der Waals surface area contributed by atoms with Crippen LogP contribution in [0.2, 0.25) is 0 Å². The summed E-state index contributed by atoms with van der Waals surface area (Å²) in [5.74, 6) is 0.729. The summed E-state index contributed by atoms with van der Waals surface area (Å²) in [6, 6.07) is 3.14. The van der Waals surface area contributed by atoms with Crippen molar-refractivity contribution in [3.8, 4) is 0 Å². The standard InChI is InChI=1S/C14H20N4O2/c1-10(5-6-12-4-3-7-20-12)17-14(19)13(15)11-8-16-18(2)9-11/h3-4,7-10,13H,5-6,15H2,1-2H3,(H,17,19). The Morgan fingerprint density at radius 3 is 3.00 bits per heavy atom. The SMILES string of the molecule is CC(CCc1ccco1)NC(=O)C(N)c1cnn(C)c1. The molecule has 0 aliphatic heterocycles. The monoisotopic (exact) mass is 276 g/mol. The average molecular weight is 276 g/mol. The molecule has 0 aromatic carbocycles. The van der Waals surface area contributed by atoms with Crippen LogP contribution in [0.25, 0.3) is 0 Å². The Morgan fingerprint density at radius 1 is 1.60 bits per heavy atom. The van der Waals surface area contributed by atoms with Gasteiger partial charge in [0.25, 0.3) is 0 Å². The zero-order valence-corrected chi connectivity index (χ0v) is 11.7. The predicted octanol–water partition coefficient (Wildman–Crippen LogP) is 1.15. The fourth-order valence-corrected chi connectivity index (χ4v) is 1.97. The van der Waals surface area contributed by atoms with Gasteiger partial charge in [0, 0.05) is 31.3 Å². The van der Waals surface area contributed by atoms with Crippen molar-refractivity contribution in [2.45, 2.75) is 31.8 Å². The van der Waals surface area contributed by atoms with Gasteiger partial charge in [-0.3, -0.25) is 9.48 Å². The molecule has 2 atom stereocenters. The van der Waals surface area contributed by atoms with Gasteiger partial charge in [-0.25, -0.2) is 0 Å². The Balaban J connectivity index is 1.81. The van der Waals surface area contributed by atoms with E-state index in [4.69, 9.17) is 10.2 Å². The first-order chi connectivity index (χ1) is 9.56. The van der Waals surface area contributed by atoms with Gasteiger partial charge in [0.1, 0.15) is 11.8 Å².